The van der Waals surface area contributed by atoms with Crippen LogP contribution in [-0.4, -0.2) is 17.6 Å². The van der Waals surface area contributed by atoms with Crippen LogP contribution in [0.5, 0.6) is 0 Å². The van der Waals surface area contributed by atoms with E-state index in [1.165, 1.54) is 23.5 Å². The van der Waals surface area contributed by atoms with Crippen molar-refractivity contribution < 1.29 is 14.3 Å². The van der Waals surface area contributed by atoms with Gasteiger partial charge in [-0.25, -0.2) is 4.39 Å². The van der Waals surface area contributed by atoms with E-state index >= 15 is 0 Å². The first-order valence-electron chi connectivity index (χ1n) is 5.93. The molecule has 1 aromatic carbocycles. The molecule has 2 rings (SSSR count). The van der Waals surface area contributed by atoms with Crippen molar-refractivity contribution >= 4 is 28.8 Å². The van der Waals surface area contributed by atoms with Crippen molar-refractivity contribution in [3.8, 4) is 0 Å². The molecule has 1 unspecified atom stereocenters. The van der Waals surface area contributed by atoms with Crippen LogP contribution in [0.15, 0.2) is 29.0 Å². The highest BCUT2D eigenvalue weighted by atomic mass is 35.5. The molecule has 0 fully saturated rings. The Balaban J connectivity index is 1.98. The molecule has 20 heavy (non-hydrogen) atoms. The van der Waals surface area contributed by atoms with E-state index in [4.69, 9.17) is 11.6 Å². The third-order valence-corrected chi connectivity index (χ3v) is 4.05. The predicted octanol–water partition coefficient (Wildman–Crippen LogP) is 3.31. The number of aliphatic hydroxyl groups excluding tert-OH is 1. The van der Waals surface area contributed by atoms with Crippen LogP contribution in [0.25, 0.3) is 0 Å². The molecule has 0 radical (unpaired) electrons. The number of nitrogens with one attached hydrogen (secondary N) is 1. The fraction of sp³-hybridized carbons (Fsp3) is 0.214. The van der Waals surface area contributed by atoms with Gasteiger partial charge in [0.1, 0.15) is 5.82 Å². The van der Waals surface area contributed by atoms with Crippen molar-refractivity contribution in [1.82, 2.24) is 5.32 Å². The Kier molecular flexibility index (Phi) is 4.75. The van der Waals surface area contributed by atoms with Gasteiger partial charge in [0.05, 0.1) is 16.7 Å². The Morgan fingerprint density at radius 3 is 2.85 bits per heavy atom. The summed E-state index contributed by atoms with van der Waals surface area (Å²) in [4.78, 5) is 11.9. The third kappa shape index (κ3) is 3.36. The van der Waals surface area contributed by atoms with Crippen LogP contribution >= 0.6 is 22.9 Å². The number of aliphatic hydroxyl groups is 1. The van der Waals surface area contributed by atoms with E-state index in [1.807, 2.05) is 12.3 Å². The standard InChI is InChI=1S/C14H13ClFNO2S/c1-8-6-20-7-10(8)14(19)17-5-13(18)9-2-3-11(15)12(16)4-9/h2-4,6-7,13,18H,5H2,1H3,(H,17,19). The summed E-state index contributed by atoms with van der Waals surface area (Å²) in [5.41, 5.74) is 1.85. The number of amides is 1. The maximum atomic E-state index is 13.3. The average Bonchev–Trinajstić information content (AvgIpc) is 2.85. The van der Waals surface area contributed by atoms with Gasteiger partial charge in [-0.2, -0.15) is 11.3 Å². The Morgan fingerprint density at radius 1 is 1.50 bits per heavy atom. The molecular formula is C14H13ClFNO2S. The molecule has 0 saturated carbocycles. The van der Waals surface area contributed by atoms with Crippen LogP contribution < -0.4 is 5.32 Å². The molecule has 6 heteroatoms. The summed E-state index contributed by atoms with van der Waals surface area (Å²) < 4.78 is 13.3. The maximum absolute atomic E-state index is 13.3. The second kappa shape index (κ2) is 6.35. The molecule has 1 heterocycles. The minimum atomic E-state index is -0.982. The normalized spacial score (nSPS) is 12.2. The Morgan fingerprint density at radius 2 is 2.25 bits per heavy atom. The van der Waals surface area contributed by atoms with Crippen molar-refractivity contribution in [3.63, 3.8) is 0 Å². The van der Waals surface area contributed by atoms with Gasteiger partial charge in [0, 0.05) is 11.9 Å². The molecule has 2 N–H and O–H groups in total. The lowest BCUT2D eigenvalue weighted by atomic mass is 10.1. The van der Waals surface area contributed by atoms with Gasteiger partial charge in [0.15, 0.2) is 0 Å². The zero-order chi connectivity index (χ0) is 14.7. The Bertz CT molecular complexity index is 629. The number of thiophene rings is 1. The molecular weight excluding hydrogens is 301 g/mol. The number of rotatable bonds is 4. The van der Waals surface area contributed by atoms with Gasteiger partial charge in [-0.15, -0.1) is 0 Å². The molecule has 0 bridgehead atoms. The lowest BCUT2D eigenvalue weighted by Gasteiger charge is -2.12. The second-order valence-corrected chi connectivity index (χ2v) is 5.52. The Labute approximate surface area is 125 Å². The number of carbonyl (C=O) groups is 1. The van der Waals surface area contributed by atoms with E-state index in [-0.39, 0.29) is 17.5 Å². The first kappa shape index (κ1) is 15.0. The van der Waals surface area contributed by atoms with E-state index in [9.17, 15) is 14.3 Å². The molecule has 2 aromatic rings. The zero-order valence-electron chi connectivity index (χ0n) is 10.7. The van der Waals surface area contributed by atoms with Gasteiger partial charge < -0.3 is 10.4 Å². The van der Waals surface area contributed by atoms with Crippen molar-refractivity contribution in [2.24, 2.45) is 0 Å². The Hall–Kier alpha value is -1.43. The fourth-order valence-corrected chi connectivity index (χ4v) is 2.66. The number of benzene rings is 1. The van der Waals surface area contributed by atoms with Crippen LogP contribution in [-0.2, 0) is 0 Å². The van der Waals surface area contributed by atoms with Crippen molar-refractivity contribution in [2.75, 3.05) is 6.54 Å². The SMILES string of the molecule is Cc1cscc1C(=O)NCC(O)c1ccc(Cl)c(F)c1. The van der Waals surface area contributed by atoms with Crippen LogP contribution in [0, 0.1) is 12.7 Å². The lowest BCUT2D eigenvalue weighted by Crippen LogP contribution is -2.28. The van der Waals surface area contributed by atoms with Gasteiger partial charge in [-0.1, -0.05) is 17.7 Å². The first-order valence-corrected chi connectivity index (χ1v) is 7.25. The maximum Gasteiger partial charge on any atom is 0.252 e. The third-order valence-electron chi connectivity index (χ3n) is 2.88. The van der Waals surface area contributed by atoms with Gasteiger partial charge in [0.25, 0.3) is 5.91 Å². The summed E-state index contributed by atoms with van der Waals surface area (Å²) in [5, 5.41) is 16.2. The highest BCUT2D eigenvalue weighted by molar-refractivity contribution is 7.08. The zero-order valence-corrected chi connectivity index (χ0v) is 12.3. The summed E-state index contributed by atoms with van der Waals surface area (Å²) in [6, 6.07) is 4.06. The first-order chi connectivity index (χ1) is 9.49. The van der Waals surface area contributed by atoms with Crippen LogP contribution in [0.4, 0.5) is 4.39 Å². The second-order valence-electron chi connectivity index (χ2n) is 4.37. The van der Waals surface area contributed by atoms with E-state index in [1.54, 1.807) is 5.38 Å². The fourth-order valence-electron chi connectivity index (χ4n) is 1.72. The van der Waals surface area contributed by atoms with Gasteiger partial charge in [0.2, 0.25) is 0 Å². The van der Waals surface area contributed by atoms with E-state index in [2.05, 4.69) is 5.32 Å². The van der Waals surface area contributed by atoms with Crippen LogP contribution in [0.3, 0.4) is 0 Å². The molecule has 0 aliphatic carbocycles. The summed E-state index contributed by atoms with van der Waals surface area (Å²) in [6.07, 6.45) is -0.982. The monoisotopic (exact) mass is 313 g/mol. The molecule has 1 aromatic heterocycles. The van der Waals surface area contributed by atoms with E-state index in [0.29, 0.717) is 11.1 Å². The number of hydrogen-bond acceptors (Lipinski definition) is 3. The van der Waals surface area contributed by atoms with Crippen LogP contribution in [0.1, 0.15) is 27.6 Å². The highest BCUT2D eigenvalue weighted by Gasteiger charge is 2.14. The molecule has 0 spiro atoms. The quantitative estimate of drug-likeness (QED) is 0.910. The average molecular weight is 314 g/mol. The molecule has 0 aliphatic heterocycles. The summed E-state index contributed by atoms with van der Waals surface area (Å²) in [5.74, 6) is -0.847. The molecule has 3 nitrogen and oxygen atoms in total. The van der Waals surface area contributed by atoms with Crippen molar-refractivity contribution in [2.45, 2.75) is 13.0 Å². The van der Waals surface area contributed by atoms with Crippen LogP contribution in [0.2, 0.25) is 5.02 Å². The minimum Gasteiger partial charge on any atom is -0.387 e. The molecule has 106 valence electrons. The smallest absolute Gasteiger partial charge is 0.252 e. The molecule has 0 aliphatic rings. The highest BCUT2D eigenvalue weighted by Crippen LogP contribution is 2.20. The number of carbonyl (C=O) groups excluding carboxylic acids is 1. The molecule has 0 saturated heterocycles. The lowest BCUT2D eigenvalue weighted by molar-refractivity contribution is 0.0916. The predicted molar refractivity (Wildman–Crippen MR) is 77.8 cm³/mol. The van der Waals surface area contributed by atoms with Gasteiger partial charge in [-0.3, -0.25) is 4.79 Å². The van der Waals surface area contributed by atoms with E-state index < -0.39 is 11.9 Å². The number of halogens is 2. The number of hydrogen-bond donors (Lipinski definition) is 2. The van der Waals surface area contributed by atoms with Gasteiger partial charge in [-0.05, 0) is 35.6 Å². The topological polar surface area (TPSA) is 49.3 Å². The van der Waals surface area contributed by atoms with E-state index in [0.717, 1.165) is 11.6 Å². The van der Waals surface area contributed by atoms with Crippen molar-refractivity contribution in [1.29, 1.82) is 0 Å². The summed E-state index contributed by atoms with van der Waals surface area (Å²) >= 11 is 7.01. The minimum absolute atomic E-state index is 0.00103. The largest absolute Gasteiger partial charge is 0.387 e. The summed E-state index contributed by atoms with van der Waals surface area (Å²) in [7, 11) is 0. The summed E-state index contributed by atoms with van der Waals surface area (Å²) in [6.45, 7) is 1.85. The molecule has 1 amide bonds. The molecule has 1 atom stereocenters. The van der Waals surface area contributed by atoms with Crippen molar-refractivity contribution in [3.05, 3.63) is 56.5 Å². The van der Waals surface area contributed by atoms with Gasteiger partial charge >= 0.3 is 0 Å². The number of aryl methyl sites for hydroxylation is 1.